The standard InChI is InChI=1S/C38H48O2/c1-26(15-17-32(28-11-7-5-8-12-28)29-13-9-6-10-14-29)34-19-20-35-33-18-16-30-25-31(40-27(2)39)21-23-37(30,3)36(33)22-24-38(34,35)4/h5-14,16-17,26,31,33-36H,15,18-25H2,1-4H3/t26-,31+,33-,34-,35-,36-,37-,38+/m0/s1. The molecule has 0 N–H and O–H groups in total. The molecule has 2 nitrogen and oxygen atoms in total. The molecule has 0 aliphatic heterocycles. The van der Waals surface area contributed by atoms with E-state index in [-0.39, 0.29) is 12.1 Å². The number of carbonyl (C=O) groups is 1. The third kappa shape index (κ3) is 4.90. The molecule has 0 radical (unpaired) electrons. The number of ether oxygens (including phenoxy) is 1. The number of allylic oxidation sites excluding steroid dienone is 2. The monoisotopic (exact) mass is 536 g/mol. The lowest BCUT2D eigenvalue weighted by Crippen LogP contribution is -2.51. The molecule has 2 heteroatoms. The van der Waals surface area contributed by atoms with Crippen LogP contribution in [0.3, 0.4) is 0 Å². The third-order valence-electron chi connectivity index (χ3n) is 12.0. The first kappa shape index (κ1) is 27.6. The summed E-state index contributed by atoms with van der Waals surface area (Å²) >= 11 is 0. The first-order chi connectivity index (χ1) is 19.3. The number of esters is 1. The summed E-state index contributed by atoms with van der Waals surface area (Å²) in [5.41, 5.74) is 6.35. The largest absolute Gasteiger partial charge is 0.462 e. The summed E-state index contributed by atoms with van der Waals surface area (Å²) in [5, 5.41) is 0. The number of fused-ring (bicyclic) bond motifs is 5. The average Bonchev–Trinajstić information content (AvgIpc) is 3.31. The van der Waals surface area contributed by atoms with Crippen LogP contribution >= 0.6 is 0 Å². The maximum atomic E-state index is 11.6. The molecule has 0 bridgehead atoms. The van der Waals surface area contributed by atoms with Crippen LogP contribution in [0.2, 0.25) is 0 Å². The maximum absolute atomic E-state index is 11.6. The Kier molecular flexibility index (Phi) is 7.57. The Morgan fingerprint density at radius 3 is 2.25 bits per heavy atom. The zero-order valence-electron chi connectivity index (χ0n) is 25.1. The molecule has 0 heterocycles. The van der Waals surface area contributed by atoms with Crippen LogP contribution in [0.4, 0.5) is 0 Å². The van der Waals surface area contributed by atoms with E-state index < -0.39 is 0 Å². The van der Waals surface area contributed by atoms with Crippen molar-refractivity contribution >= 4 is 11.5 Å². The van der Waals surface area contributed by atoms with Gasteiger partial charge in [-0.25, -0.2) is 0 Å². The molecular formula is C38H48O2. The SMILES string of the molecule is CC(=O)O[C@@H]1CC[C@@]2(C)C(=CC[C@H]3[C@@H]4CC[C@@H]([C@@H](C)CC=C(c5ccccc5)c5ccccc5)[C@@]4(C)CC[C@@H]32)C1. The molecule has 3 saturated carbocycles. The zero-order chi connectivity index (χ0) is 27.9. The Morgan fingerprint density at radius 2 is 1.60 bits per heavy atom. The van der Waals surface area contributed by atoms with Crippen molar-refractivity contribution in [2.45, 2.75) is 91.6 Å². The second-order valence-corrected chi connectivity index (χ2v) is 14.0. The van der Waals surface area contributed by atoms with Gasteiger partial charge < -0.3 is 4.74 Å². The van der Waals surface area contributed by atoms with Crippen LogP contribution in [-0.4, -0.2) is 12.1 Å². The highest BCUT2D eigenvalue weighted by atomic mass is 16.5. The van der Waals surface area contributed by atoms with Crippen LogP contribution in [0.15, 0.2) is 78.4 Å². The van der Waals surface area contributed by atoms with E-state index in [4.69, 9.17) is 4.74 Å². The summed E-state index contributed by atoms with van der Waals surface area (Å²) < 4.78 is 5.66. The van der Waals surface area contributed by atoms with Crippen LogP contribution in [0.25, 0.3) is 5.57 Å². The lowest BCUT2D eigenvalue weighted by molar-refractivity contribution is -0.148. The Morgan fingerprint density at radius 1 is 0.925 bits per heavy atom. The van der Waals surface area contributed by atoms with Gasteiger partial charge in [-0.05, 0) is 108 Å². The predicted molar refractivity (Wildman–Crippen MR) is 164 cm³/mol. The van der Waals surface area contributed by atoms with E-state index in [0.717, 1.165) is 42.9 Å². The van der Waals surface area contributed by atoms with Gasteiger partial charge in [0.2, 0.25) is 0 Å². The minimum absolute atomic E-state index is 0.0867. The minimum atomic E-state index is -0.128. The van der Waals surface area contributed by atoms with E-state index in [0.29, 0.717) is 16.7 Å². The Bertz CT molecular complexity index is 1220. The van der Waals surface area contributed by atoms with Gasteiger partial charge in [-0.3, -0.25) is 4.79 Å². The second-order valence-electron chi connectivity index (χ2n) is 14.0. The van der Waals surface area contributed by atoms with Crippen LogP contribution in [0.1, 0.15) is 96.6 Å². The van der Waals surface area contributed by atoms with E-state index in [1.54, 1.807) is 12.5 Å². The summed E-state index contributed by atoms with van der Waals surface area (Å²) in [5.74, 6) is 3.79. The Labute approximate surface area is 242 Å². The first-order valence-electron chi connectivity index (χ1n) is 16.0. The fourth-order valence-corrected chi connectivity index (χ4v) is 10.0. The summed E-state index contributed by atoms with van der Waals surface area (Å²) in [4.78, 5) is 11.6. The van der Waals surface area contributed by atoms with E-state index in [1.165, 1.54) is 55.2 Å². The average molecular weight is 537 g/mol. The van der Waals surface area contributed by atoms with Crippen molar-refractivity contribution < 1.29 is 9.53 Å². The molecule has 4 aliphatic rings. The maximum Gasteiger partial charge on any atom is 0.302 e. The lowest BCUT2D eigenvalue weighted by Gasteiger charge is -2.58. The van der Waals surface area contributed by atoms with Gasteiger partial charge in [0.05, 0.1) is 0 Å². The van der Waals surface area contributed by atoms with Gasteiger partial charge in [-0.1, -0.05) is 99.2 Å². The Hall–Kier alpha value is -2.61. The fourth-order valence-electron chi connectivity index (χ4n) is 10.0. The van der Waals surface area contributed by atoms with E-state index >= 15 is 0 Å². The van der Waals surface area contributed by atoms with Gasteiger partial charge in [0.15, 0.2) is 0 Å². The quantitative estimate of drug-likeness (QED) is 0.271. The van der Waals surface area contributed by atoms with E-state index in [9.17, 15) is 4.79 Å². The highest BCUT2D eigenvalue weighted by Crippen LogP contribution is 2.67. The van der Waals surface area contributed by atoms with Gasteiger partial charge >= 0.3 is 5.97 Å². The molecular weight excluding hydrogens is 488 g/mol. The third-order valence-corrected chi connectivity index (χ3v) is 12.0. The number of benzene rings is 2. The summed E-state index contributed by atoms with van der Waals surface area (Å²) in [7, 11) is 0. The molecule has 0 spiro atoms. The van der Waals surface area contributed by atoms with Crippen molar-refractivity contribution in [1.29, 1.82) is 0 Å². The smallest absolute Gasteiger partial charge is 0.302 e. The van der Waals surface area contributed by atoms with Gasteiger partial charge in [-0.2, -0.15) is 0 Å². The molecule has 0 aromatic heterocycles. The summed E-state index contributed by atoms with van der Waals surface area (Å²) in [6.45, 7) is 9.31. The number of rotatable bonds is 6. The lowest BCUT2D eigenvalue weighted by atomic mass is 9.47. The van der Waals surface area contributed by atoms with Crippen LogP contribution < -0.4 is 0 Å². The van der Waals surface area contributed by atoms with Gasteiger partial charge in [-0.15, -0.1) is 0 Å². The van der Waals surface area contributed by atoms with Crippen LogP contribution in [0, 0.1) is 40.4 Å². The number of carbonyl (C=O) groups excluding carboxylic acids is 1. The van der Waals surface area contributed by atoms with Crippen LogP contribution in [0.5, 0.6) is 0 Å². The highest BCUT2D eigenvalue weighted by Gasteiger charge is 2.59. The summed E-state index contributed by atoms with van der Waals surface area (Å²) in [6.07, 6.45) is 16.3. The van der Waals surface area contributed by atoms with Gasteiger partial charge in [0.1, 0.15) is 6.10 Å². The normalized spacial score (nSPS) is 35.4. The summed E-state index contributed by atoms with van der Waals surface area (Å²) in [6, 6.07) is 21.9. The molecule has 4 aliphatic carbocycles. The molecule has 2 aromatic carbocycles. The molecule has 0 saturated heterocycles. The molecule has 3 fully saturated rings. The van der Waals surface area contributed by atoms with Crippen molar-refractivity contribution in [3.05, 3.63) is 89.5 Å². The molecule has 6 rings (SSSR count). The van der Waals surface area contributed by atoms with Crippen LogP contribution in [-0.2, 0) is 9.53 Å². The molecule has 0 amide bonds. The minimum Gasteiger partial charge on any atom is -0.462 e. The molecule has 40 heavy (non-hydrogen) atoms. The topological polar surface area (TPSA) is 26.3 Å². The number of hydrogen-bond donors (Lipinski definition) is 0. The van der Waals surface area contributed by atoms with Gasteiger partial charge in [0.25, 0.3) is 0 Å². The van der Waals surface area contributed by atoms with Crippen molar-refractivity contribution in [1.82, 2.24) is 0 Å². The van der Waals surface area contributed by atoms with Crippen molar-refractivity contribution in [2.24, 2.45) is 40.4 Å². The first-order valence-corrected chi connectivity index (χ1v) is 16.0. The second kappa shape index (κ2) is 11.0. The number of hydrogen-bond acceptors (Lipinski definition) is 2. The molecule has 0 unspecified atom stereocenters. The molecule has 2 aromatic rings. The Balaban J connectivity index is 1.20. The van der Waals surface area contributed by atoms with Crippen molar-refractivity contribution in [3.8, 4) is 0 Å². The zero-order valence-corrected chi connectivity index (χ0v) is 25.1. The fraction of sp³-hybridized carbons (Fsp3) is 0.553. The van der Waals surface area contributed by atoms with E-state index in [1.807, 2.05) is 0 Å². The van der Waals surface area contributed by atoms with Crippen molar-refractivity contribution in [3.63, 3.8) is 0 Å². The highest BCUT2D eigenvalue weighted by molar-refractivity contribution is 5.79. The molecule has 8 atom stereocenters. The van der Waals surface area contributed by atoms with Gasteiger partial charge in [0, 0.05) is 13.3 Å². The predicted octanol–water partition coefficient (Wildman–Crippen LogP) is 9.66. The van der Waals surface area contributed by atoms with Crippen molar-refractivity contribution in [2.75, 3.05) is 0 Å². The molecule has 212 valence electrons. The van der Waals surface area contributed by atoms with E-state index in [2.05, 4.69) is 93.6 Å².